The molecule has 0 fully saturated rings. The molecule has 172 valence electrons. The van der Waals surface area contributed by atoms with Crippen molar-refractivity contribution in [2.45, 2.75) is 66.3 Å². The average molecular weight is 443 g/mol. The van der Waals surface area contributed by atoms with Crippen LogP contribution >= 0.6 is 0 Å². The zero-order chi connectivity index (χ0) is 23.8. The largest absolute Gasteiger partial charge is 0.340 e. The number of aromatic nitrogens is 2. The van der Waals surface area contributed by atoms with Crippen LogP contribution < -0.4 is 5.43 Å². The molecule has 0 aliphatic carbocycles. The summed E-state index contributed by atoms with van der Waals surface area (Å²) in [5.74, 6) is -0.230. The lowest BCUT2D eigenvalue weighted by molar-refractivity contribution is 0.103. The van der Waals surface area contributed by atoms with Crippen molar-refractivity contribution in [3.05, 3.63) is 99.1 Å². The molecule has 0 radical (unpaired) electrons. The number of carbonyl (C=O) groups is 1. The van der Waals surface area contributed by atoms with Crippen molar-refractivity contribution in [1.29, 1.82) is 0 Å². The van der Waals surface area contributed by atoms with E-state index in [1.54, 1.807) is 18.3 Å². The number of hydrogen-bond acceptors (Lipinski definition) is 3. The molecule has 3 aromatic rings. The van der Waals surface area contributed by atoms with Crippen LogP contribution in [0, 0.1) is 6.92 Å². The fourth-order valence-corrected chi connectivity index (χ4v) is 4.10. The van der Waals surface area contributed by atoms with Crippen LogP contribution in [-0.4, -0.2) is 15.3 Å². The van der Waals surface area contributed by atoms with E-state index >= 15 is 0 Å². The molecule has 0 aliphatic rings. The third kappa shape index (κ3) is 6.16. The van der Waals surface area contributed by atoms with E-state index in [1.807, 2.05) is 60.9 Å². The van der Waals surface area contributed by atoms with Crippen molar-refractivity contribution < 1.29 is 4.79 Å². The second-order valence-corrected chi connectivity index (χ2v) is 8.66. The highest BCUT2D eigenvalue weighted by molar-refractivity contribution is 6.11. The minimum atomic E-state index is -0.230. The molecule has 0 amide bonds. The molecule has 2 heterocycles. The molecule has 0 aliphatic heterocycles. The minimum absolute atomic E-state index is 0.199. The first-order chi connectivity index (χ1) is 15.9. The Labute approximate surface area is 196 Å². The second kappa shape index (κ2) is 11.6. The van der Waals surface area contributed by atoms with Crippen molar-refractivity contribution >= 4 is 16.7 Å². The summed E-state index contributed by atoms with van der Waals surface area (Å²) in [6, 6.07) is 13.3. The SMILES string of the molecule is C/C=C(\C=C(\C)CCCCCC)C(=O)c1cn(Cc2cccc(C)n2)c2ccccc2c1=O. The maximum Gasteiger partial charge on any atom is 0.200 e. The van der Waals surface area contributed by atoms with Crippen molar-refractivity contribution in [1.82, 2.24) is 9.55 Å². The van der Waals surface area contributed by atoms with Gasteiger partial charge in [-0.2, -0.15) is 0 Å². The fraction of sp³-hybridized carbons (Fsp3) is 0.345. The number of pyridine rings is 2. The van der Waals surface area contributed by atoms with Crippen LogP contribution in [0.3, 0.4) is 0 Å². The van der Waals surface area contributed by atoms with Crippen LogP contribution in [0.4, 0.5) is 0 Å². The maximum absolute atomic E-state index is 13.5. The number of carbonyl (C=O) groups excluding carboxylic acids is 1. The van der Waals surface area contributed by atoms with Crippen molar-refractivity contribution in [2.75, 3.05) is 0 Å². The lowest BCUT2D eigenvalue weighted by Crippen LogP contribution is -2.20. The summed E-state index contributed by atoms with van der Waals surface area (Å²) in [5.41, 5.74) is 4.32. The summed E-state index contributed by atoms with van der Waals surface area (Å²) < 4.78 is 1.96. The van der Waals surface area contributed by atoms with E-state index in [1.165, 1.54) is 19.3 Å². The van der Waals surface area contributed by atoms with Gasteiger partial charge in [0, 0.05) is 22.9 Å². The van der Waals surface area contributed by atoms with Gasteiger partial charge in [0.2, 0.25) is 5.43 Å². The number of ketones is 1. The van der Waals surface area contributed by atoms with E-state index in [-0.39, 0.29) is 16.8 Å². The monoisotopic (exact) mass is 442 g/mol. The summed E-state index contributed by atoms with van der Waals surface area (Å²) in [7, 11) is 0. The van der Waals surface area contributed by atoms with Crippen LogP contribution in [0.25, 0.3) is 10.9 Å². The third-order valence-electron chi connectivity index (χ3n) is 5.91. The van der Waals surface area contributed by atoms with E-state index in [9.17, 15) is 9.59 Å². The van der Waals surface area contributed by atoms with Crippen molar-refractivity contribution in [3.8, 4) is 0 Å². The number of nitrogens with zero attached hydrogens (tertiary/aromatic N) is 2. The fourth-order valence-electron chi connectivity index (χ4n) is 4.10. The molecule has 3 rings (SSSR count). The molecular formula is C29H34N2O2. The normalized spacial score (nSPS) is 12.4. The Kier molecular flexibility index (Phi) is 8.53. The summed E-state index contributed by atoms with van der Waals surface area (Å²) in [4.78, 5) is 31.3. The molecule has 2 aromatic heterocycles. The Bertz CT molecular complexity index is 1250. The summed E-state index contributed by atoms with van der Waals surface area (Å²) in [5, 5.41) is 0.548. The Balaban J connectivity index is 1.98. The van der Waals surface area contributed by atoms with Crippen molar-refractivity contribution in [2.24, 2.45) is 0 Å². The zero-order valence-corrected chi connectivity index (χ0v) is 20.2. The lowest BCUT2D eigenvalue weighted by atomic mass is 9.98. The zero-order valence-electron chi connectivity index (χ0n) is 20.2. The van der Waals surface area contributed by atoms with Gasteiger partial charge in [-0.1, -0.05) is 62.1 Å². The molecule has 4 heteroatoms. The molecule has 0 bridgehead atoms. The molecular weight excluding hydrogens is 408 g/mol. The van der Waals surface area contributed by atoms with Crippen LogP contribution in [0.5, 0.6) is 0 Å². The van der Waals surface area contributed by atoms with E-state index in [0.717, 1.165) is 35.3 Å². The van der Waals surface area contributed by atoms with Gasteiger partial charge in [-0.3, -0.25) is 14.6 Å². The Hall–Kier alpha value is -3.27. The van der Waals surface area contributed by atoms with Gasteiger partial charge in [0.15, 0.2) is 5.78 Å². The standard InChI is InChI=1S/C29H34N2O2/c1-5-7-8-9-13-21(3)18-23(6-2)28(32)26-20-31(19-24-15-12-14-22(4)30-24)27-17-11-10-16-25(27)29(26)33/h6,10-12,14-18,20H,5,7-9,13,19H2,1-4H3/b21-18-,23-6+. The first-order valence-corrected chi connectivity index (χ1v) is 11.9. The predicted molar refractivity (Wildman–Crippen MR) is 137 cm³/mol. The van der Waals surface area contributed by atoms with Crippen LogP contribution in [0.2, 0.25) is 0 Å². The van der Waals surface area contributed by atoms with Gasteiger partial charge in [0.25, 0.3) is 0 Å². The number of allylic oxidation sites excluding steroid dienone is 4. The summed E-state index contributed by atoms with van der Waals surface area (Å²) in [6.07, 6.45) is 11.2. The number of Topliss-reactive ketones (excluding diaryl/α,β-unsaturated/α-hetero) is 1. The number of para-hydroxylation sites is 1. The van der Waals surface area contributed by atoms with Crippen LogP contribution in [0.15, 0.2) is 76.8 Å². The van der Waals surface area contributed by atoms with Gasteiger partial charge in [-0.15, -0.1) is 0 Å². The molecule has 0 saturated heterocycles. The first-order valence-electron chi connectivity index (χ1n) is 11.9. The maximum atomic E-state index is 13.5. The quantitative estimate of drug-likeness (QED) is 0.150. The van der Waals surface area contributed by atoms with E-state index in [0.29, 0.717) is 17.5 Å². The van der Waals surface area contributed by atoms with Gasteiger partial charge < -0.3 is 4.57 Å². The molecule has 4 nitrogen and oxygen atoms in total. The number of rotatable bonds is 10. The van der Waals surface area contributed by atoms with Gasteiger partial charge in [-0.25, -0.2) is 0 Å². The Morgan fingerprint density at radius 2 is 1.85 bits per heavy atom. The molecule has 33 heavy (non-hydrogen) atoms. The molecule has 1 aromatic carbocycles. The third-order valence-corrected chi connectivity index (χ3v) is 5.91. The highest BCUT2D eigenvalue weighted by Crippen LogP contribution is 2.18. The summed E-state index contributed by atoms with van der Waals surface area (Å²) >= 11 is 0. The van der Waals surface area contributed by atoms with Gasteiger partial charge in [0.05, 0.1) is 23.3 Å². The molecule has 0 unspecified atom stereocenters. The first kappa shape index (κ1) is 24.4. The van der Waals surface area contributed by atoms with E-state index in [2.05, 4.69) is 18.8 Å². The number of fused-ring (bicyclic) bond motifs is 1. The number of hydrogen-bond donors (Lipinski definition) is 0. The Morgan fingerprint density at radius 3 is 2.58 bits per heavy atom. The highest BCUT2D eigenvalue weighted by atomic mass is 16.1. The van der Waals surface area contributed by atoms with Gasteiger partial charge in [-0.05, 0) is 57.9 Å². The van der Waals surface area contributed by atoms with Crippen molar-refractivity contribution in [3.63, 3.8) is 0 Å². The smallest absolute Gasteiger partial charge is 0.200 e. The van der Waals surface area contributed by atoms with Crippen LogP contribution in [-0.2, 0) is 6.54 Å². The Morgan fingerprint density at radius 1 is 1.06 bits per heavy atom. The van der Waals surface area contributed by atoms with Crippen LogP contribution in [0.1, 0.15) is 74.6 Å². The van der Waals surface area contributed by atoms with E-state index < -0.39 is 0 Å². The predicted octanol–water partition coefficient (Wildman–Crippen LogP) is 6.80. The molecule has 0 atom stereocenters. The lowest BCUT2D eigenvalue weighted by Gasteiger charge is -2.14. The molecule has 0 N–H and O–H groups in total. The van der Waals surface area contributed by atoms with E-state index in [4.69, 9.17) is 0 Å². The average Bonchev–Trinajstić information content (AvgIpc) is 2.82. The van der Waals surface area contributed by atoms with Gasteiger partial charge >= 0.3 is 0 Å². The number of benzene rings is 1. The second-order valence-electron chi connectivity index (χ2n) is 8.66. The highest BCUT2D eigenvalue weighted by Gasteiger charge is 2.18. The topological polar surface area (TPSA) is 52.0 Å². The number of aryl methyl sites for hydroxylation is 1. The summed E-state index contributed by atoms with van der Waals surface area (Å²) in [6.45, 7) is 8.55. The van der Waals surface area contributed by atoms with Gasteiger partial charge in [0.1, 0.15) is 0 Å². The number of unbranched alkanes of at least 4 members (excludes halogenated alkanes) is 3. The molecule has 0 spiro atoms. The molecule has 0 saturated carbocycles. The minimum Gasteiger partial charge on any atom is -0.340 e.